The van der Waals surface area contributed by atoms with Crippen LogP contribution >= 0.6 is 0 Å². The maximum atomic E-state index is 12.5. The Morgan fingerprint density at radius 2 is 1.90 bits per heavy atom. The van der Waals surface area contributed by atoms with Gasteiger partial charge in [0.1, 0.15) is 10.6 Å². The number of benzene rings is 2. The molecule has 0 aliphatic carbocycles. The average Bonchev–Trinajstić information content (AvgIpc) is 2.47. The van der Waals surface area contributed by atoms with Gasteiger partial charge >= 0.3 is 0 Å². The highest BCUT2D eigenvalue weighted by Crippen LogP contribution is 2.28. The van der Waals surface area contributed by atoms with Gasteiger partial charge in [0.15, 0.2) is 0 Å². The van der Waals surface area contributed by atoms with Gasteiger partial charge in [0.2, 0.25) is 0 Å². The lowest BCUT2D eigenvalue weighted by molar-refractivity contribution is 0.403. The Bertz CT molecular complexity index is 742. The van der Waals surface area contributed by atoms with Crippen LogP contribution in [-0.2, 0) is 16.4 Å². The van der Waals surface area contributed by atoms with Gasteiger partial charge in [0.05, 0.1) is 12.8 Å². The number of aryl methyl sites for hydroxylation is 1. The molecule has 0 radical (unpaired) electrons. The number of hydrogen-bond donors (Lipinski definition) is 2. The minimum absolute atomic E-state index is 0.0603. The van der Waals surface area contributed by atoms with Gasteiger partial charge in [-0.25, -0.2) is 8.42 Å². The predicted octanol–water partition coefficient (Wildman–Crippen LogP) is 2.64. The van der Waals surface area contributed by atoms with Gasteiger partial charge in [-0.15, -0.1) is 0 Å². The molecule has 112 valence electrons. The molecule has 0 bridgehead atoms. The molecule has 0 aliphatic heterocycles. The monoisotopic (exact) mass is 306 g/mol. The first kappa shape index (κ1) is 15.2. The fourth-order valence-corrected chi connectivity index (χ4v) is 3.29. The van der Waals surface area contributed by atoms with Gasteiger partial charge in [-0.1, -0.05) is 25.1 Å². The molecule has 0 saturated heterocycles. The zero-order valence-electron chi connectivity index (χ0n) is 12.0. The minimum atomic E-state index is -3.74. The first-order chi connectivity index (χ1) is 9.97. The van der Waals surface area contributed by atoms with Crippen molar-refractivity contribution in [2.75, 3.05) is 17.6 Å². The van der Waals surface area contributed by atoms with Crippen molar-refractivity contribution in [3.63, 3.8) is 0 Å². The molecule has 2 rings (SSSR count). The number of nitrogens with one attached hydrogen (secondary N) is 1. The van der Waals surface area contributed by atoms with E-state index in [1.807, 2.05) is 19.1 Å². The number of nitrogens with two attached hydrogens (primary N) is 1. The fraction of sp³-hybridized carbons (Fsp3) is 0.200. The third-order valence-corrected chi connectivity index (χ3v) is 4.52. The van der Waals surface area contributed by atoms with Gasteiger partial charge in [-0.2, -0.15) is 0 Å². The molecule has 5 nitrogen and oxygen atoms in total. The minimum Gasteiger partial charge on any atom is -0.495 e. The molecule has 0 aliphatic rings. The van der Waals surface area contributed by atoms with Crippen LogP contribution in [-0.4, -0.2) is 15.5 Å². The molecule has 3 N–H and O–H groups in total. The predicted molar refractivity (Wildman–Crippen MR) is 84.0 cm³/mol. The maximum absolute atomic E-state index is 12.5. The third kappa shape index (κ3) is 3.28. The molecule has 0 fully saturated rings. The van der Waals surface area contributed by atoms with Crippen LogP contribution in [0.4, 0.5) is 11.4 Å². The summed E-state index contributed by atoms with van der Waals surface area (Å²) in [6.45, 7) is 1.97. The van der Waals surface area contributed by atoms with Crippen LogP contribution in [0.1, 0.15) is 12.5 Å². The molecule has 0 atom stereocenters. The molecule has 2 aromatic carbocycles. The van der Waals surface area contributed by atoms with Crippen molar-refractivity contribution in [1.82, 2.24) is 0 Å². The van der Waals surface area contributed by atoms with Crippen LogP contribution < -0.4 is 15.2 Å². The van der Waals surface area contributed by atoms with Crippen LogP contribution in [0.5, 0.6) is 5.75 Å². The van der Waals surface area contributed by atoms with Gasteiger partial charge in [0, 0.05) is 11.8 Å². The number of methoxy groups -OCH3 is 1. The third-order valence-electron chi connectivity index (χ3n) is 3.12. The van der Waals surface area contributed by atoms with Crippen LogP contribution in [0.3, 0.4) is 0 Å². The highest BCUT2D eigenvalue weighted by Gasteiger charge is 2.20. The number of anilines is 2. The van der Waals surface area contributed by atoms with E-state index in [1.165, 1.54) is 25.3 Å². The van der Waals surface area contributed by atoms with E-state index >= 15 is 0 Å². The smallest absolute Gasteiger partial charge is 0.265 e. The number of nitrogen functional groups attached to an aromatic ring is 1. The second kappa shape index (κ2) is 6.05. The first-order valence-corrected chi connectivity index (χ1v) is 8.00. The summed E-state index contributed by atoms with van der Waals surface area (Å²) in [6.07, 6.45) is 0.734. The Balaban J connectivity index is 2.43. The molecule has 6 heteroatoms. The molecule has 21 heavy (non-hydrogen) atoms. The molecule has 0 saturated carbocycles. The summed E-state index contributed by atoms with van der Waals surface area (Å²) < 4.78 is 32.8. The van der Waals surface area contributed by atoms with E-state index in [9.17, 15) is 8.42 Å². The van der Waals surface area contributed by atoms with Gasteiger partial charge in [0.25, 0.3) is 10.0 Å². The highest BCUT2D eigenvalue weighted by molar-refractivity contribution is 7.92. The topological polar surface area (TPSA) is 81.4 Å². The molecular weight excluding hydrogens is 288 g/mol. The van der Waals surface area contributed by atoms with E-state index in [4.69, 9.17) is 10.5 Å². The SMILES string of the molecule is CCc1ccccc1NS(=O)(=O)c1ccc(N)cc1OC. The van der Waals surface area contributed by atoms with Crippen molar-refractivity contribution in [3.05, 3.63) is 48.0 Å². The number of ether oxygens (including phenoxy) is 1. The Kier molecular flexibility index (Phi) is 4.37. The summed E-state index contributed by atoms with van der Waals surface area (Å²) in [7, 11) is -2.33. The van der Waals surface area contributed by atoms with Crippen molar-refractivity contribution in [2.24, 2.45) is 0 Å². The van der Waals surface area contributed by atoms with E-state index in [2.05, 4.69) is 4.72 Å². The maximum Gasteiger partial charge on any atom is 0.265 e. The molecule has 0 amide bonds. The van der Waals surface area contributed by atoms with E-state index in [1.54, 1.807) is 12.1 Å². The largest absolute Gasteiger partial charge is 0.495 e. The van der Waals surface area contributed by atoms with Crippen LogP contribution in [0.2, 0.25) is 0 Å². The van der Waals surface area contributed by atoms with Crippen LogP contribution in [0, 0.1) is 0 Å². The first-order valence-electron chi connectivity index (χ1n) is 6.52. The molecule has 2 aromatic rings. The van der Waals surface area contributed by atoms with Crippen LogP contribution in [0.15, 0.2) is 47.4 Å². The van der Waals surface area contributed by atoms with Crippen molar-refractivity contribution in [1.29, 1.82) is 0 Å². The average molecular weight is 306 g/mol. The summed E-state index contributed by atoms with van der Waals surface area (Å²) in [5.41, 5.74) is 7.59. The van der Waals surface area contributed by atoms with E-state index in [0.717, 1.165) is 12.0 Å². The summed E-state index contributed by atoms with van der Waals surface area (Å²) in [4.78, 5) is 0.0603. The second-order valence-electron chi connectivity index (χ2n) is 4.53. The lowest BCUT2D eigenvalue weighted by Gasteiger charge is -2.14. The Labute approximate surface area is 124 Å². The zero-order valence-corrected chi connectivity index (χ0v) is 12.8. The molecule has 0 unspecified atom stereocenters. The summed E-state index contributed by atoms with van der Waals surface area (Å²) in [5, 5.41) is 0. The number of para-hydroxylation sites is 1. The Morgan fingerprint density at radius 1 is 1.19 bits per heavy atom. The van der Waals surface area contributed by atoms with Gasteiger partial charge < -0.3 is 10.5 Å². The van der Waals surface area contributed by atoms with Gasteiger partial charge in [-0.3, -0.25) is 4.72 Å². The quantitative estimate of drug-likeness (QED) is 0.832. The Morgan fingerprint density at radius 3 is 2.57 bits per heavy atom. The number of rotatable bonds is 5. The molecular formula is C15H18N2O3S. The van der Waals surface area contributed by atoms with Crippen molar-refractivity contribution < 1.29 is 13.2 Å². The van der Waals surface area contributed by atoms with Crippen molar-refractivity contribution in [3.8, 4) is 5.75 Å². The lowest BCUT2D eigenvalue weighted by Crippen LogP contribution is -2.15. The van der Waals surface area contributed by atoms with E-state index in [-0.39, 0.29) is 10.6 Å². The number of hydrogen-bond acceptors (Lipinski definition) is 4. The zero-order chi connectivity index (χ0) is 15.5. The molecule has 0 heterocycles. The summed E-state index contributed by atoms with van der Waals surface area (Å²) in [6, 6.07) is 11.7. The van der Waals surface area contributed by atoms with E-state index in [0.29, 0.717) is 11.4 Å². The normalized spacial score (nSPS) is 11.1. The van der Waals surface area contributed by atoms with Crippen LogP contribution in [0.25, 0.3) is 0 Å². The van der Waals surface area contributed by atoms with E-state index < -0.39 is 10.0 Å². The van der Waals surface area contributed by atoms with Gasteiger partial charge in [-0.05, 0) is 30.2 Å². The van der Waals surface area contributed by atoms with Crippen molar-refractivity contribution >= 4 is 21.4 Å². The summed E-state index contributed by atoms with van der Waals surface area (Å²) >= 11 is 0. The fourth-order valence-electron chi connectivity index (χ4n) is 2.03. The Hall–Kier alpha value is -2.21. The standard InChI is InChI=1S/C15H18N2O3S/c1-3-11-6-4-5-7-13(11)17-21(18,19)15-9-8-12(16)10-14(15)20-2/h4-10,17H,3,16H2,1-2H3. The molecule has 0 spiro atoms. The highest BCUT2D eigenvalue weighted by atomic mass is 32.2. The lowest BCUT2D eigenvalue weighted by atomic mass is 10.1. The second-order valence-corrected chi connectivity index (χ2v) is 6.18. The number of sulfonamides is 1. The summed E-state index contributed by atoms with van der Waals surface area (Å²) in [5.74, 6) is 0.219. The van der Waals surface area contributed by atoms with Crippen molar-refractivity contribution in [2.45, 2.75) is 18.2 Å². The molecule has 0 aromatic heterocycles.